The van der Waals surface area contributed by atoms with Crippen molar-refractivity contribution in [3.05, 3.63) is 22.4 Å². The first kappa shape index (κ1) is 15.0. The zero-order valence-electron chi connectivity index (χ0n) is 10.1. The summed E-state index contributed by atoms with van der Waals surface area (Å²) in [5.74, 6) is 0.205. The van der Waals surface area contributed by atoms with Crippen LogP contribution < -0.4 is 5.32 Å². The number of carbonyl (C=O) groups is 1. The highest BCUT2D eigenvalue weighted by Crippen LogP contribution is 2.11. The largest absolute Gasteiger partial charge is 0.356 e. The summed E-state index contributed by atoms with van der Waals surface area (Å²) in [7, 11) is 0. The molecule has 0 spiro atoms. The second-order valence-electron chi connectivity index (χ2n) is 4.03. The highest BCUT2D eigenvalue weighted by molar-refractivity contribution is 14.1. The molecule has 0 saturated heterocycles. The second kappa shape index (κ2) is 9.88. The first-order valence-corrected chi connectivity index (χ1v) is 8.58. The van der Waals surface area contributed by atoms with Gasteiger partial charge in [0.1, 0.15) is 0 Å². The fourth-order valence-corrected chi connectivity index (χ4v) is 2.88. The summed E-state index contributed by atoms with van der Waals surface area (Å²) in [6, 6.07) is 4.19. The zero-order chi connectivity index (χ0) is 12.3. The zero-order valence-corrected chi connectivity index (χ0v) is 13.1. The SMILES string of the molecule is O=C(CCCc1cccs1)NCCCCCI. The normalized spacial score (nSPS) is 10.4. The molecule has 0 unspecified atom stereocenters. The minimum absolute atomic E-state index is 0.205. The van der Waals surface area contributed by atoms with Gasteiger partial charge in [-0.15, -0.1) is 11.3 Å². The molecule has 1 rings (SSSR count). The third-order valence-corrected chi connectivity index (χ3v) is 4.24. The van der Waals surface area contributed by atoms with Crippen LogP contribution >= 0.6 is 33.9 Å². The Morgan fingerprint density at radius 1 is 1.29 bits per heavy atom. The minimum atomic E-state index is 0.205. The molecular weight excluding hydrogens is 345 g/mol. The Kier molecular flexibility index (Phi) is 8.70. The van der Waals surface area contributed by atoms with Crippen molar-refractivity contribution in [2.75, 3.05) is 11.0 Å². The van der Waals surface area contributed by atoms with E-state index in [9.17, 15) is 4.79 Å². The van der Waals surface area contributed by atoms with E-state index in [1.807, 2.05) is 0 Å². The number of aryl methyl sites for hydroxylation is 1. The van der Waals surface area contributed by atoms with E-state index in [4.69, 9.17) is 0 Å². The first-order valence-electron chi connectivity index (χ1n) is 6.18. The lowest BCUT2D eigenvalue weighted by atomic mass is 10.2. The van der Waals surface area contributed by atoms with Gasteiger partial charge >= 0.3 is 0 Å². The molecule has 0 bridgehead atoms. The van der Waals surface area contributed by atoms with Gasteiger partial charge in [0.2, 0.25) is 5.91 Å². The van der Waals surface area contributed by atoms with Gasteiger partial charge in [-0.2, -0.15) is 0 Å². The van der Waals surface area contributed by atoms with Gasteiger partial charge in [-0.25, -0.2) is 0 Å². The molecule has 2 nitrogen and oxygen atoms in total. The van der Waals surface area contributed by atoms with Gasteiger partial charge < -0.3 is 5.32 Å². The van der Waals surface area contributed by atoms with Crippen molar-refractivity contribution in [3.63, 3.8) is 0 Å². The molecule has 96 valence electrons. The summed E-state index contributed by atoms with van der Waals surface area (Å²) >= 11 is 4.16. The van der Waals surface area contributed by atoms with Crippen molar-refractivity contribution in [2.45, 2.75) is 38.5 Å². The molecule has 0 aliphatic heterocycles. The lowest BCUT2D eigenvalue weighted by Crippen LogP contribution is -2.24. The van der Waals surface area contributed by atoms with Gasteiger partial charge in [0.25, 0.3) is 0 Å². The predicted octanol–water partition coefficient (Wildman–Crippen LogP) is 3.79. The second-order valence-corrected chi connectivity index (χ2v) is 6.14. The van der Waals surface area contributed by atoms with Crippen LogP contribution in [-0.2, 0) is 11.2 Å². The molecule has 0 aliphatic carbocycles. The van der Waals surface area contributed by atoms with Crippen molar-refractivity contribution >= 4 is 39.8 Å². The topological polar surface area (TPSA) is 29.1 Å². The van der Waals surface area contributed by atoms with Crippen LogP contribution in [-0.4, -0.2) is 16.9 Å². The van der Waals surface area contributed by atoms with E-state index in [0.29, 0.717) is 6.42 Å². The van der Waals surface area contributed by atoms with Crippen LogP contribution in [0.15, 0.2) is 17.5 Å². The first-order chi connectivity index (χ1) is 8.33. The Bertz CT molecular complexity index is 300. The number of nitrogens with one attached hydrogen (secondary N) is 1. The molecule has 1 N–H and O–H groups in total. The maximum atomic E-state index is 11.5. The molecule has 17 heavy (non-hydrogen) atoms. The summed E-state index contributed by atoms with van der Waals surface area (Å²) < 4.78 is 1.21. The molecule has 0 atom stereocenters. The molecule has 0 fully saturated rings. The van der Waals surface area contributed by atoms with Gasteiger partial charge in [-0.3, -0.25) is 4.79 Å². The highest BCUT2D eigenvalue weighted by Gasteiger charge is 2.01. The molecule has 0 aliphatic rings. The number of alkyl halides is 1. The van der Waals surface area contributed by atoms with Crippen molar-refractivity contribution in [1.82, 2.24) is 5.32 Å². The molecular formula is C13H20INOS. The average molecular weight is 365 g/mol. The Morgan fingerprint density at radius 3 is 2.88 bits per heavy atom. The fourth-order valence-electron chi connectivity index (χ4n) is 1.59. The Labute approximate surface area is 121 Å². The van der Waals surface area contributed by atoms with E-state index in [1.54, 1.807) is 11.3 Å². The predicted molar refractivity (Wildman–Crippen MR) is 83.0 cm³/mol. The third kappa shape index (κ3) is 7.76. The van der Waals surface area contributed by atoms with Gasteiger partial charge in [-0.05, 0) is 41.6 Å². The van der Waals surface area contributed by atoms with Gasteiger partial charge in [0.05, 0.1) is 0 Å². The van der Waals surface area contributed by atoms with E-state index in [2.05, 4.69) is 45.4 Å². The van der Waals surface area contributed by atoms with E-state index >= 15 is 0 Å². The summed E-state index contributed by atoms with van der Waals surface area (Å²) in [5, 5.41) is 5.07. The van der Waals surface area contributed by atoms with Crippen LogP contribution in [0, 0.1) is 0 Å². The minimum Gasteiger partial charge on any atom is -0.356 e. The molecule has 0 aromatic carbocycles. The summed E-state index contributed by atoms with van der Waals surface area (Å²) in [4.78, 5) is 12.9. The van der Waals surface area contributed by atoms with E-state index in [1.165, 1.54) is 22.1 Å². The molecule has 0 radical (unpaired) electrons. The van der Waals surface area contributed by atoms with E-state index < -0.39 is 0 Å². The Hall–Kier alpha value is -0.100. The number of hydrogen-bond donors (Lipinski definition) is 1. The smallest absolute Gasteiger partial charge is 0.220 e. The molecule has 0 saturated carbocycles. The molecule has 4 heteroatoms. The monoisotopic (exact) mass is 365 g/mol. The van der Waals surface area contributed by atoms with Crippen LogP contribution in [0.1, 0.15) is 37.0 Å². The van der Waals surface area contributed by atoms with Crippen molar-refractivity contribution in [2.24, 2.45) is 0 Å². The number of amides is 1. The Morgan fingerprint density at radius 2 is 2.18 bits per heavy atom. The lowest BCUT2D eigenvalue weighted by molar-refractivity contribution is -0.121. The summed E-state index contributed by atoms with van der Waals surface area (Å²) in [5.41, 5.74) is 0. The number of hydrogen-bond acceptors (Lipinski definition) is 2. The van der Waals surface area contributed by atoms with Crippen LogP contribution in [0.2, 0.25) is 0 Å². The van der Waals surface area contributed by atoms with Crippen molar-refractivity contribution < 1.29 is 4.79 Å². The molecule has 1 amide bonds. The van der Waals surface area contributed by atoms with Crippen molar-refractivity contribution in [1.29, 1.82) is 0 Å². The van der Waals surface area contributed by atoms with E-state index in [0.717, 1.165) is 25.8 Å². The van der Waals surface area contributed by atoms with Crippen LogP contribution in [0.3, 0.4) is 0 Å². The fraction of sp³-hybridized carbons (Fsp3) is 0.615. The number of unbranched alkanes of at least 4 members (excludes halogenated alkanes) is 2. The summed E-state index contributed by atoms with van der Waals surface area (Å²) in [6.45, 7) is 0.842. The van der Waals surface area contributed by atoms with Gasteiger partial charge in [0.15, 0.2) is 0 Å². The average Bonchev–Trinajstić information content (AvgIpc) is 2.82. The van der Waals surface area contributed by atoms with Crippen molar-refractivity contribution in [3.8, 4) is 0 Å². The van der Waals surface area contributed by atoms with Crippen LogP contribution in [0.5, 0.6) is 0 Å². The van der Waals surface area contributed by atoms with Gasteiger partial charge in [-0.1, -0.05) is 35.1 Å². The molecule has 1 heterocycles. The summed E-state index contributed by atoms with van der Waals surface area (Å²) in [6.07, 6.45) is 6.23. The quantitative estimate of drug-likeness (QED) is 0.403. The number of rotatable bonds is 9. The Balaban J connectivity index is 1.94. The standard InChI is InChI=1S/C13H20INOS/c14-9-2-1-3-10-15-13(16)8-4-6-12-7-5-11-17-12/h5,7,11H,1-4,6,8-10H2,(H,15,16). The maximum Gasteiger partial charge on any atom is 0.220 e. The van der Waals surface area contributed by atoms with Crippen LogP contribution in [0.25, 0.3) is 0 Å². The number of thiophene rings is 1. The number of halogens is 1. The molecule has 1 aromatic rings. The van der Waals surface area contributed by atoms with Crippen LogP contribution in [0.4, 0.5) is 0 Å². The lowest BCUT2D eigenvalue weighted by Gasteiger charge is -2.04. The molecule has 1 aromatic heterocycles. The van der Waals surface area contributed by atoms with Gasteiger partial charge in [0, 0.05) is 17.8 Å². The highest BCUT2D eigenvalue weighted by atomic mass is 127. The third-order valence-electron chi connectivity index (χ3n) is 2.54. The maximum absolute atomic E-state index is 11.5. The number of carbonyl (C=O) groups excluding carboxylic acids is 1. The van der Waals surface area contributed by atoms with E-state index in [-0.39, 0.29) is 5.91 Å².